The van der Waals surface area contributed by atoms with E-state index in [2.05, 4.69) is 16.4 Å². The zero-order valence-electron chi connectivity index (χ0n) is 9.80. The summed E-state index contributed by atoms with van der Waals surface area (Å²) in [5, 5.41) is 11.4. The van der Waals surface area contributed by atoms with Crippen LogP contribution in [0.3, 0.4) is 0 Å². The Balaban J connectivity index is 1.98. The van der Waals surface area contributed by atoms with Crippen molar-refractivity contribution in [1.29, 1.82) is 0 Å². The summed E-state index contributed by atoms with van der Waals surface area (Å²) in [6.07, 6.45) is 7.83. The Kier molecular flexibility index (Phi) is 3.72. The van der Waals surface area contributed by atoms with Gasteiger partial charge in [-0.05, 0) is 31.4 Å². The summed E-state index contributed by atoms with van der Waals surface area (Å²) in [6.45, 7) is 0. The molecule has 0 saturated carbocycles. The molecule has 94 valence electrons. The minimum absolute atomic E-state index is 0.0176. The fraction of sp³-hybridized carbons (Fsp3) is 0.308. The number of carbonyl (C=O) groups excluding carboxylic acids is 1. The number of nitrogens with zero attached hydrogens (tertiary/aromatic N) is 1. The van der Waals surface area contributed by atoms with Crippen LogP contribution in [-0.2, 0) is 4.79 Å². The molecule has 0 bridgehead atoms. The molecule has 0 fully saturated rings. The average molecular weight is 246 g/mol. The van der Waals surface area contributed by atoms with Crippen LogP contribution < -0.4 is 5.32 Å². The minimum Gasteiger partial charge on any atom is -0.478 e. The first-order chi connectivity index (χ1) is 8.66. The Morgan fingerprint density at radius 2 is 2.17 bits per heavy atom. The van der Waals surface area contributed by atoms with Crippen LogP contribution in [0.15, 0.2) is 30.5 Å². The van der Waals surface area contributed by atoms with E-state index in [1.165, 1.54) is 18.3 Å². The molecule has 2 rings (SSSR count). The molecule has 0 radical (unpaired) electrons. The van der Waals surface area contributed by atoms with Crippen LogP contribution in [0.4, 0.5) is 5.82 Å². The molecule has 5 heteroatoms. The number of allylic oxidation sites excluding steroid dienone is 2. The lowest BCUT2D eigenvalue weighted by Gasteiger charge is -2.16. The molecule has 1 aromatic rings. The van der Waals surface area contributed by atoms with Crippen molar-refractivity contribution in [2.45, 2.75) is 19.3 Å². The molecular formula is C13H14N2O3. The molecule has 0 aliphatic heterocycles. The molecule has 0 aromatic carbocycles. The number of rotatable bonds is 3. The van der Waals surface area contributed by atoms with Gasteiger partial charge in [0.15, 0.2) is 0 Å². The van der Waals surface area contributed by atoms with E-state index < -0.39 is 5.97 Å². The first-order valence-electron chi connectivity index (χ1n) is 5.82. The molecule has 5 nitrogen and oxygen atoms in total. The number of aromatic carboxylic acids is 1. The van der Waals surface area contributed by atoms with Gasteiger partial charge in [0, 0.05) is 12.1 Å². The first kappa shape index (κ1) is 12.3. The molecule has 1 unspecified atom stereocenters. The topological polar surface area (TPSA) is 79.3 Å². The zero-order valence-corrected chi connectivity index (χ0v) is 9.80. The molecular weight excluding hydrogens is 232 g/mol. The first-order valence-corrected chi connectivity index (χ1v) is 5.82. The smallest absolute Gasteiger partial charge is 0.337 e. The highest BCUT2D eigenvalue weighted by Crippen LogP contribution is 2.19. The molecule has 1 amide bonds. The van der Waals surface area contributed by atoms with Gasteiger partial charge in [0.25, 0.3) is 0 Å². The number of amides is 1. The van der Waals surface area contributed by atoms with Crippen LogP contribution in [0.2, 0.25) is 0 Å². The Bertz CT molecular complexity index is 480. The quantitative estimate of drug-likeness (QED) is 0.800. The summed E-state index contributed by atoms with van der Waals surface area (Å²) < 4.78 is 0. The summed E-state index contributed by atoms with van der Waals surface area (Å²) in [6, 6.07) is 2.92. The maximum Gasteiger partial charge on any atom is 0.337 e. The lowest BCUT2D eigenvalue weighted by molar-refractivity contribution is -0.120. The Morgan fingerprint density at radius 3 is 2.72 bits per heavy atom. The molecule has 0 saturated heterocycles. The molecule has 1 aromatic heterocycles. The number of carboxylic acid groups (broad SMARTS) is 1. The van der Waals surface area contributed by atoms with Gasteiger partial charge < -0.3 is 10.4 Å². The number of carboxylic acids is 1. The van der Waals surface area contributed by atoms with Gasteiger partial charge in [0.05, 0.1) is 5.56 Å². The van der Waals surface area contributed by atoms with E-state index in [1.807, 2.05) is 6.08 Å². The highest BCUT2D eigenvalue weighted by Gasteiger charge is 2.19. The number of aromatic nitrogens is 1. The minimum atomic E-state index is -1.03. The molecule has 1 aliphatic rings. The number of hydrogen-bond acceptors (Lipinski definition) is 3. The normalized spacial score (nSPS) is 18.3. The third-order valence-corrected chi connectivity index (χ3v) is 2.90. The van der Waals surface area contributed by atoms with Gasteiger partial charge in [0.2, 0.25) is 5.91 Å². The summed E-state index contributed by atoms with van der Waals surface area (Å²) in [7, 11) is 0. The summed E-state index contributed by atoms with van der Waals surface area (Å²) in [5.41, 5.74) is 0.105. The molecule has 0 spiro atoms. The van der Waals surface area contributed by atoms with Gasteiger partial charge in [-0.15, -0.1) is 0 Å². The van der Waals surface area contributed by atoms with E-state index in [0.29, 0.717) is 5.82 Å². The second-order valence-electron chi connectivity index (χ2n) is 4.21. The zero-order chi connectivity index (χ0) is 13.0. The lowest BCUT2D eigenvalue weighted by atomic mass is 9.94. The van der Waals surface area contributed by atoms with E-state index in [0.717, 1.165) is 19.3 Å². The number of pyridine rings is 1. The third kappa shape index (κ3) is 2.94. The molecule has 1 atom stereocenters. The van der Waals surface area contributed by atoms with E-state index in [9.17, 15) is 9.59 Å². The molecule has 1 heterocycles. The molecule has 1 aliphatic carbocycles. The van der Waals surface area contributed by atoms with Crippen LogP contribution in [0.1, 0.15) is 29.6 Å². The van der Waals surface area contributed by atoms with Crippen molar-refractivity contribution in [3.05, 3.63) is 36.0 Å². The second kappa shape index (κ2) is 5.44. The van der Waals surface area contributed by atoms with Crippen molar-refractivity contribution in [3.8, 4) is 0 Å². The molecule has 2 N–H and O–H groups in total. The third-order valence-electron chi connectivity index (χ3n) is 2.90. The fourth-order valence-electron chi connectivity index (χ4n) is 1.85. The van der Waals surface area contributed by atoms with Crippen molar-refractivity contribution in [2.75, 3.05) is 5.32 Å². The summed E-state index contributed by atoms with van der Waals surface area (Å²) >= 11 is 0. The number of nitrogens with one attached hydrogen (secondary N) is 1. The van der Waals surface area contributed by atoms with Crippen LogP contribution in [0.25, 0.3) is 0 Å². The monoisotopic (exact) mass is 246 g/mol. The van der Waals surface area contributed by atoms with E-state index in [1.54, 1.807) is 0 Å². The average Bonchev–Trinajstić information content (AvgIpc) is 2.40. The highest BCUT2D eigenvalue weighted by atomic mass is 16.4. The van der Waals surface area contributed by atoms with Crippen molar-refractivity contribution < 1.29 is 14.7 Å². The fourth-order valence-corrected chi connectivity index (χ4v) is 1.85. The predicted molar refractivity (Wildman–Crippen MR) is 66.3 cm³/mol. The maximum absolute atomic E-state index is 11.9. The Morgan fingerprint density at radius 1 is 1.33 bits per heavy atom. The largest absolute Gasteiger partial charge is 0.478 e. The van der Waals surface area contributed by atoms with E-state index >= 15 is 0 Å². The van der Waals surface area contributed by atoms with Crippen LogP contribution in [0.5, 0.6) is 0 Å². The Hall–Kier alpha value is -2.17. The van der Waals surface area contributed by atoms with Crippen molar-refractivity contribution in [2.24, 2.45) is 5.92 Å². The van der Waals surface area contributed by atoms with Gasteiger partial charge >= 0.3 is 5.97 Å². The van der Waals surface area contributed by atoms with Crippen molar-refractivity contribution in [3.63, 3.8) is 0 Å². The standard InChI is InChI=1S/C13H14N2O3/c16-12(9-4-2-1-3-5-9)15-11-7-6-10(8-14-11)13(17)18/h1-2,6-9H,3-5H2,(H,17,18)(H,14,15,16). The van der Waals surface area contributed by atoms with Gasteiger partial charge in [-0.3, -0.25) is 4.79 Å². The van der Waals surface area contributed by atoms with Gasteiger partial charge in [-0.25, -0.2) is 9.78 Å². The number of carbonyl (C=O) groups is 2. The summed E-state index contributed by atoms with van der Waals surface area (Å²) in [4.78, 5) is 26.4. The van der Waals surface area contributed by atoms with Gasteiger partial charge in [0.1, 0.15) is 5.82 Å². The van der Waals surface area contributed by atoms with Crippen LogP contribution in [-0.4, -0.2) is 22.0 Å². The predicted octanol–water partition coefficient (Wildman–Crippen LogP) is 2.07. The van der Waals surface area contributed by atoms with Crippen LogP contribution >= 0.6 is 0 Å². The molecule has 18 heavy (non-hydrogen) atoms. The van der Waals surface area contributed by atoms with Crippen LogP contribution in [0, 0.1) is 5.92 Å². The van der Waals surface area contributed by atoms with Crippen molar-refractivity contribution >= 4 is 17.7 Å². The van der Waals surface area contributed by atoms with Gasteiger partial charge in [-0.2, -0.15) is 0 Å². The highest BCUT2D eigenvalue weighted by molar-refractivity contribution is 5.92. The van der Waals surface area contributed by atoms with Gasteiger partial charge in [-0.1, -0.05) is 12.2 Å². The SMILES string of the molecule is O=C(O)c1ccc(NC(=O)C2CC=CCC2)nc1. The number of anilines is 1. The number of hydrogen-bond donors (Lipinski definition) is 2. The van der Waals surface area contributed by atoms with Crippen molar-refractivity contribution in [1.82, 2.24) is 4.98 Å². The summed E-state index contributed by atoms with van der Waals surface area (Å²) in [5.74, 6) is -0.719. The Labute approximate surface area is 105 Å². The second-order valence-corrected chi connectivity index (χ2v) is 4.21. The maximum atomic E-state index is 11.9. The lowest BCUT2D eigenvalue weighted by Crippen LogP contribution is -2.24. The van der Waals surface area contributed by atoms with E-state index in [4.69, 9.17) is 5.11 Å². The van der Waals surface area contributed by atoms with E-state index in [-0.39, 0.29) is 17.4 Å².